The number of hydrogen-bond donors (Lipinski definition) is 1. The highest BCUT2D eigenvalue weighted by Gasteiger charge is 2.40. The molecule has 1 atom stereocenters. The smallest absolute Gasteiger partial charge is 0.0330 e. The van der Waals surface area contributed by atoms with Crippen molar-refractivity contribution in [3.63, 3.8) is 0 Å². The van der Waals surface area contributed by atoms with Crippen LogP contribution in [0.3, 0.4) is 0 Å². The predicted molar refractivity (Wildman–Crippen MR) is 84.7 cm³/mol. The highest BCUT2D eigenvalue weighted by atomic mass is 15.2. The zero-order valence-electron chi connectivity index (χ0n) is 14.0. The van der Waals surface area contributed by atoms with Crippen LogP contribution in [0.2, 0.25) is 0 Å². The van der Waals surface area contributed by atoms with Gasteiger partial charge in [0.25, 0.3) is 0 Å². The first-order valence-electron chi connectivity index (χ1n) is 8.02. The Hall–Kier alpha value is -0.120. The first-order chi connectivity index (χ1) is 8.91. The summed E-state index contributed by atoms with van der Waals surface area (Å²) in [5.41, 5.74) is 0.443. The third-order valence-corrected chi connectivity index (χ3v) is 4.78. The molecule has 0 amide bonds. The average molecular weight is 269 g/mol. The Balaban J connectivity index is 2.53. The third-order valence-electron chi connectivity index (χ3n) is 4.78. The molecule has 3 nitrogen and oxygen atoms in total. The minimum Gasteiger partial charge on any atom is -0.313 e. The minimum absolute atomic E-state index is 0.443. The summed E-state index contributed by atoms with van der Waals surface area (Å²) >= 11 is 0. The second-order valence-corrected chi connectivity index (χ2v) is 6.89. The number of hydrogen-bond acceptors (Lipinski definition) is 3. The van der Waals surface area contributed by atoms with E-state index in [9.17, 15) is 0 Å². The molecule has 0 spiro atoms. The molecule has 0 bridgehead atoms. The Labute approximate surface area is 120 Å². The molecule has 0 heterocycles. The lowest BCUT2D eigenvalue weighted by molar-refractivity contribution is 0.0147. The standard InChI is InChI=1S/C16H35N3/c1-7-9-15(12-17-14(2)3)19(6)13-16(18(4)5)10-8-11-16/h14-15,17H,7-13H2,1-6H3. The van der Waals surface area contributed by atoms with Crippen LogP contribution in [0.1, 0.15) is 52.9 Å². The molecule has 0 aromatic heterocycles. The van der Waals surface area contributed by atoms with Gasteiger partial charge in [-0.15, -0.1) is 0 Å². The van der Waals surface area contributed by atoms with Crippen LogP contribution in [-0.2, 0) is 0 Å². The van der Waals surface area contributed by atoms with E-state index in [1.807, 2.05) is 0 Å². The van der Waals surface area contributed by atoms with Gasteiger partial charge in [-0.25, -0.2) is 0 Å². The summed E-state index contributed by atoms with van der Waals surface area (Å²) in [4.78, 5) is 5.05. The first kappa shape index (κ1) is 16.9. The summed E-state index contributed by atoms with van der Waals surface area (Å²) in [7, 11) is 6.80. The molecular weight excluding hydrogens is 234 g/mol. The van der Waals surface area contributed by atoms with Crippen molar-refractivity contribution in [3.05, 3.63) is 0 Å². The van der Waals surface area contributed by atoms with Crippen molar-refractivity contribution in [2.45, 2.75) is 70.5 Å². The molecule has 1 aliphatic carbocycles. The highest BCUT2D eigenvalue weighted by molar-refractivity contribution is 4.98. The zero-order valence-corrected chi connectivity index (χ0v) is 14.0. The van der Waals surface area contributed by atoms with Gasteiger partial charge in [0.1, 0.15) is 0 Å². The van der Waals surface area contributed by atoms with Crippen molar-refractivity contribution in [1.29, 1.82) is 0 Å². The Kier molecular flexibility index (Phi) is 6.78. The molecule has 0 aromatic rings. The Morgan fingerprint density at radius 1 is 1.16 bits per heavy atom. The van der Waals surface area contributed by atoms with E-state index in [4.69, 9.17) is 0 Å². The van der Waals surface area contributed by atoms with Crippen LogP contribution >= 0.6 is 0 Å². The maximum Gasteiger partial charge on any atom is 0.0330 e. The fraction of sp³-hybridized carbons (Fsp3) is 1.00. The summed E-state index contributed by atoms with van der Waals surface area (Å²) in [6, 6.07) is 1.25. The zero-order chi connectivity index (χ0) is 14.5. The van der Waals surface area contributed by atoms with Gasteiger partial charge >= 0.3 is 0 Å². The van der Waals surface area contributed by atoms with Crippen LogP contribution in [0.5, 0.6) is 0 Å². The van der Waals surface area contributed by atoms with Crippen LogP contribution in [0.4, 0.5) is 0 Å². The second-order valence-electron chi connectivity index (χ2n) is 6.89. The SMILES string of the molecule is CCCC(CNC(C)C)N(C)CC1(N(C)C)CCC1. The van der Waals surface area contributed by atoms with Crippen molar-refractivity contribution in [2.75, 3.05) is 34.2 Å². The lowest BCUT2D eigenvalue weighted by Gasteiger charge is -2.50. The largest absolute Gasteiger partial charge is 0.313 e. The van der Waals surface area contributed by atoms with Crippen molar-refractivity contribution < 1.29 is 0 Å². The molecule has 1 rings (SSSR count). The van der Waals surface area contributed by atoms with Crippen molar-refractivity contribution in [2.24, 2.45) is 0 Å². The molecule has 114 valence electrons. The minimum atomic E-state index is 0.443. The molecular formula is C16H35N3. The predicted octanol–water partition coefficient (Wildman–Crippen LogP) is 2.57. The number of likely N-dealkylation sites (N-methyl/N-ethyl adjacent to an activating group) is 2. The van der Waals surface area contributed by atoms with E-state index in [2.05, 4.69) is 57.0 Å². The van der Waals surface area contributed by atoms with Crippen LogP contribution in [-0.4, -0.2) is 61.7 Å². The van der Waals surface area contributed by atoms with Crippen molar-refractivity contribution >= 4 is 0 Å². The van der Waals surface area contributed by atoms with Gasteiger partial charge in [-0.2, -0.15) is 0 Å². The van der Waals surface area contributed by atoms with Crippen LogP contribution in [0.25, 0.3) is 0 Å². The van der Waals surface area contributed by atoms with Crippen molar-refractivity contribution in [3.8, 4) is 0 Å². The van der Waals surface area contributed by atoms with Crippen molar-refractivity contribution in [1.82, 2.24) is 15.1 Å². The molecule has 0 aliphatic heterocycles. The fourth-order valence-electron chi connectivity index (χ4n) is 3.11. The molecule has 0 radical (unpaired) electrons. The Morgan fingerprint density at radius 3 is 2.16 bits per heavy atom. The van der Waals surface area contributed by atoms with E-state index in [0.29, 0.717) is 17.6 Å². The van der Waals surface area contributed by atoms with Gasteiger partial charge in [0.2, 0.25) is 0 Å². The van der Waals surface area contributed by atoms with E-state index in [0.717, 1.165) is 6.54 Å². The molecule has 1 N–H and O–H groups in total. The summed E-state index contributed by atoms with van der Waals surface area (Å²) in [6.07, 6.45) is 6.68. The fourth-order valence-corrected chi connectivity index (χ4v) is 3.11. The van der Waals surface area contributed by atoms with Gasteiger partial charge in [0.15, 0.2) is 0 Å². The molecule has 0 aromatic carbocycles. The van der Waals surface area contributed by atoms with Gasteiger partial charge in [0, 0.05) is 30.7 Å². The molecule has 1 aliphatic rings. The Bertz CT molecular complexity index is 246. The molecule has 1 fully saturated rings. The second kappa shape index (κ2) is 7.61. The molecule has 1 unspecified atom stereocenters. The molecule has 3 heteroatoms. The van der Waals surface area contributed by atoms with Gasteiger partial charge < -0.3 is 15.1 Å². The summed E-state index contributed by atoms with van der Waals surface area (Å²) in [5.74, 6) is 0. The highest BCUT2D eigenvalue weighted by Crippen LogP contribution is 2.37. The average Bonchev–Trinajstić information content (AvgIpc) is 2.28. The topological polar surface area (TPSA) is 18.5 Å². The van der Waals surface area contributed by atoms with Crippen LogP contribution in [0, 0.1) is 0 Å². The quantitative estimate of drug-likeness (QED) is 0.694. The van der Waals surface area contributed by atoms with E-state index in [-0.39, 0.29) is 0 Å². The summed E-state index contributed by atoms with van der Waals surface area (Å²) < 4.78 is 0. The summed E-state index contributed by atoms with van der Waals surface area (Å²) in [5, 5.41) is 3.61. The Morgan fingerprint density at radius 2 is 1.79 bits per heavy atom. The normalized spacial score (nSPS) is 20.1. The van der Waals surface area contributed by atoms with Crippen LogP contribution < -0.4 is 5.32 Å². The molecule has 1 saturated carbocycles. The van der Waals surface area contributed by atoms with Crippen LogP contribution in [0.15, 0.2) is 0 Å². The van der Waals surface area contributed by atoms with E-state index < -0.39 is 0 Å². The molecule has 19 heavy (non-hydrogen) atoms. The number of rotatable bonds is 9. The number of nitrogens with one attached hydrogen (secondary N) is 1. The van der Waals surface area contributed by atoms with Gasteiger partial charge in [-0.1, -0.05) is 27.2 Å². The lowest BCUT2D eigenvalue weighted by Crippen LogP contribution is -2.59. The van der Waals surface area contributed by atoms with E-state index in [1.165, 1.54) is 38.6 Å². The van der Waals surface area contributed by atoms with Gasteiger partial charge in [-0.05, 0) is 46.8 Å². The summed E-state index contributed by atoms with van der Waals surface area (Å²) in [6.45, 7) is 9.09. The van der Waals surface area contributed by atoms with Gasteiger partial charge in [0.05, 0.1) is 0 Å². The monoisotopic (exact) mass is 269 g/mol. The van der Waals surface area contributed by atoms with E-state index in [1.54, 1.807) is 0 Å². The van der Waals surface area contributed by atoms with E-state index >= 15 is 0 Å². The van der Waals surface area contributed by atoms with Gasteiger partial charge in [-0.3, -0.25) is 0 Å². The first-order valence-corrected chi connectivity index (χ1v) is 8.02. The molecule has 0 saturated heterocycles. The third kappa shape index (κ3) is 4.73. The maximum atomic E-state index is 3.61. The lowest BCUT2D eigenvalue weighted by atomic mass is 9.75. The maximum absolute atomic E-state index is 3.61. The number of nitrogens with zero attached hydrogens (tertiary/aromatic N) is 2.